The van der Waals surface area contributed by atoms with Gasteiger partial charge in [0.2, 0.25) is 11.7 Å². The van der Waals surface area contributed by atoms with E-state index < -0.39 is 57.8 Å². The Balaban J connectivity index is 1.33. The van der Waals surface area contributed by atoms with Gasteiger partial charge in [-0.2, -0.15) is 0 Å². The van der Waals surface area contributed by atoms with Crippen LogP contribution in [-0.2, 0) is 25.6 Å². The molecule has 0 saturated heterocycles. The van der Waals surface area contributed by atoms with Crippen molar-refractivity contribution in [3.8, 4) is 5.75 Å². The molecule has 3 aliphatic rings. The highest BCUT2D eigenvalue weighted by Gasteiger charge is 2.60. The van der Waals surface area contributed by atoms with Crippen molar-refractivity contribution < 1.29 is 39.6 Å². The lowest BCUT2D eigenvalue weighted by molar-refractivity contribution is -0.147. The fraction of sp³-hybridized carbons (Fsp3) is 0.600. The first-order chi connectivity index (χ1) is 21.5. The van der Waals surface area contributed by atoms with Gasteiger partial charge in [-0.1, -0.05) is 90.0 Å². The van der Waals surface area contributed by atoms with E-state index in [9.17, 15) is 39.6 Å². The molecule has 0 spiro atoms. The average molecular weight is 625 g/mol. The van der Waals surface area contributed by atoms with Crippen LogP contribution in [0, 0.1) is 11.8 Å². The number of ketones is 2. The number of primary amides is 1. The first-order valence-electron chi connectivity index (χ1n) is 16.6. The number of phenols is 1. The maximum atomic E-state index is 13.6. The second-order valence-corrected chi connectivity index (χ2v) is 12.9. The second-order valence-electron chi connectivity index (χ2n) is 12.9. The van der Waals surface area contributed by atoms with Crippen LogP contribution in [0.4, 0.5) is 5.69 Å². The lowest BCUT2D eigenvalue weighted by atomic mass is 9.59. The summed E-state index contributed by atoms with van der Waals surface area (Å²) >= 11 is 0. The molecule has 0 heterocycles. The second kappa shape index (κ2) is 15.1. The van der Waals surface area contributed by atoms with E-state index in [1.54, 1.807) is 12.1 Å². The zero-order valence-corrected chi connectivity index (χ0v) is 26.3. The van der Waals surface area contributed by atoms with Crippen LogP contribution in [0.2, 0.25) is 0 Å². The Labute approximate surface area is 264 Å². The molecule has 0 radical (unpaired) electrons. The summed E-state index contributed by atoms with van der Waals surface area (Å²) in [6.45, 7) is 2.23. The number of amides is 2. The van der Waals surface area contributed by atoms with Gasteiger partial charge in [0.05, 0.1) is 11.3 Å². The van der Waals surface area contributed by atoms with Gasteiger partial charge in [0.15, 0.2) is 11.4 Å². The Morgan fingerprint density at radius 3 is 2.04 bits per heavy atom. The number of aliphatic hydroxyl groups is 3. The van der Waals surface area contributed by atoms with Crippen LogP contribution in [0.5, 0.6) is 5.75 Å². The van der Waals surface area contributed by atoms with E-state index in [1.807, 2.05) is 0 Å². The Hall–Kier alpha value is -3.66. The number of aliphatic hydroxyl groups excluding tert-OH is 2. The van der Waals surface area contributed by atoms with Gasteiger partial charge in [0, 0.05) is 24.3 Å². The molecule has 246 valence electrons. The number of phenolic OH excluding ortho intramolecular Hbond substituents is 1. The Kier molecular flexibility index (Phi) is 11.5. The number of Topliss-reactive ketones (excluding diaryl/α,β-unsaturated/α-hetero) is 2. The minimum absolute atomic E-state index is 0.0408. The molecule has 7 N–H and O–H groups in total. The number of anilines is 1. The van der Waals surface area contributed by atoms with Crippen molar-refractivity contribution >= 4 is 34.8 Å². The minimum atomic E-state index is -2.61. The van der Waals surface area contributed by atoms with Gasteiger partial charge in [0.25, 0.3) is 5.91 Å². The normalized spacial score (nSPS) is 22.6. The molecular weight excluding hydrogens is 576 g/mol. The maximum absolute atomic E-state index is 13.6. The molecule has 3 aliphatic carbocycles. The number of unbranched alkanes of at least 4 members (excludes halogenated alkanes) is 12. The van der Waals surface area contributed by atoms with E-state index in [1.165, 1.54) is 57.8 Å². The van der Waals surface area contributed by atoms with Crippen molar-refractivity contribution in [1.29, 1.82) is 0 Å². The highest BCUT2D eigenvalue weighted by molar-refractivity contribution is 6.22. The maximum Gasteiger partial charge on any atom is 0.255 e. The summed E-state index contributed by atoms with van der Waals surface area (Å²) in [5, 5.41) is 47.0. The number of rotatable bonds is 16. The summed E-state index contributed by atoms with van der Waals surface area (Å²) in [4.78, 5) is 50.5. The third kappa shape index (κ3) is 7.27. The van der Waals surface area contributed by atoms with Crippen LogP contribution in [0.1, 0.15) is 121 Å². The van der Waals surface area contributed by atoms with E-state index in [4.69, 9.17) is 5.73 Å². The zero-order chi connectivity index (χ0) is 32.7. The van der Waals surface area contributed by atoms with Crippen LogP contribution < -0.4 is 11.1 Å². The van der Waals surface area contributed by atoms with E-state index in [2.05, 4.69) is 12.2 Å². The Morgan fingerprint density at radius 1 is 0.889 bits per heavy atom. The summed E-state index contributed by atoms with van der Waals surface area (Å²) in [6.07, 6.45) is 15.8. The van der Waals surface area contributed by atoms with Gasteiger partial charge in [-0.15, -0.1) is 0 Å². The summed E-state index contributed by atoms with van der Waals surface area (Å²) in [5.41, 5.74) is 2.16. The van der Waals surface area contributed by atoms with Crippen molar-refractivity contribution in [3.63, 3.8) is 0 Å². The van der Waals surface area contributed by atoms with Crippen LogP contribution in [0.15, 0.2) is 29.0 Å². The molecule has 0 aliphatic heterocycles. The third-order valence-corrected chi connectivity index (χ3v) is 9.72. The van der Waals surface area contributed by atoms with Crippen molar-refractivity contribution in [2.75, 3.05) is 5.32 Å². The quantitative estimate of drug-likeness (QED) is 0.0751. The van der Waals surface area contributed by atoms with Crippen molar-refractivity contribution in [2.45, 2.75) is 122 Å². The topological polar surface area (TPSA) is 187 Å². The van der Waals surface area contributed by atoms with E-state index in [0.717, 1.165) is 19.3 Å². The third-order valence-electron chi connectivity index (χ3n) is 9.72. The fourth-order valence-corrected chi connectivity index (χ4v) is 7.21. The minimum Gasteiger partial charge on any atom is -0.508 e. The fourth-order valence-electron chi connectivity index (χ4n) is 7.21. The standard InChI is InChI=1S/C35H48N2O8/c1-2-3-4-5-6-7-8-9-10-11-12-13-14-15-26(39)37-24-17-16-21-18-22-19-23-20-25(38)29(34(36)44)33(43)35(23,45)32(42)28(22)31(41)27(21)30(24)40/h16-17,22-23,40-41,43,45H,2-15,18-20H2,1H3,(H2,36,44)(H,37,39)/t22-,23-,35-/m0/s1. The van der Waals surface area contributed by atoms with Gasteiger partial charge in [0.1, 0.15) is 22.8 Å². The van der Waals surface area contributed by atoms with Gasteiger partial charge in [-0.3, -0.25) is 19.2 Å². The number of nitrogens with one attached hydrogen (secondary N) is 1. The molecule has 4 rings (SSSR count). The van der Waals surface area contributed by atoms with Gasteiger partial charge in [-0.05, 0) is 36.8 Å². The van der Waals surface area contributed by atoms with Crippen LogP contribution >= 0.6 is 0 Å². The molecule has 45 heavy (non-hydrogen) atoms. The molecule has 1 aromatic carbocycles. The molecule has 0 aromatic heterocycles. The Morgan fingerprint density at radius 2 is 1.47 bits per heavy atom. The first-order valence-corrected chi connectivity index (χ1v) is 16.6. The molecule has 2 amide bonds. The average Bonchev–Trinajstić information content (AvgIpc) is 2.98. The molecule has 10 heteroatoms. The molecule has 0 bridgehead atoms. The number of aromatic hydroxyl groups is 1. The van der Waals surface area contributed by atoms with Gasteiger partial charge < -0.3 is 31.5 Å². The predicted octanol–water partition coefficient (Wildman–Crippen LogP) is 5.84. The molecule has 3 atom stereocenters. The first kappa shape index (κ1) is 34.2. The van der Waals surface area contributed by atoms with Crippen molar-refractivity contribution in [3.05, 3.63) is 40.2 Å². The van der Waals surface area contributed by atoms with Crippen LogP contribution in [0.25, 0.3) is 5.76 Å². The van der Waals surface area contributed by atoms with Crippen LogP contribution in [-0.4, -0.2) is 49.4 Å². The van der Waals surface area contributed by atoms with Gasteiger partial charge in [-0.25, -0.2) is 0 Å². The lowest BCUT2D eigenvalue weighted by Gasteiger charge is -2.46. The molecule has 1 fully saturated rings. The van der Waals surface area contributed by atoms with E-state index in [0.29, 0.717) is 12.0 Å². The molecule has 1 saturated carbocycles. The van der Waals surface area contributed by atoms with Crippen LogP contribution in [0.3, 0.4) is 0 Å². The molecular formula is C35H48N2O8. The Bertz CT molecular complexity index is 1380. The molecule has 0 unspecified atom stereocenters. The number of fused-ring (bicyclic) bond motifs is 3. The molecule has 10 nitrogen and oxygen atoms in total. The van der Waals surface area contributed by atoms with Crippen molar-refractivity contribution in [2.24, 2.45) is 17.6 Å². The summed E-state index contributed by atoms with van der Waals surface area (Å²) in [6, 6.07) is 3.20. The number of hydrogen-bond acceptors (Lipinski definition) is 8. The highest BCUT2D eigenvalue weighted by atomic mass is 16.3. The summed E-state index contributed by atoms with van der Waals surface area (Å²) < 4.78 is 0. The largest absolute Gasteiger partial charge is 0.508 e. The summed E-state index contributed by atoms with van der Waals surface area (Å²) in [7, 11) is 0. The number of carbonyl (C=O) groups is 4. The van der Waals surface area contributed by atoms with Crippen molar-refractivity contribution in [1.82, 2.24) is 0 Å². The monoisotopic (exact) mass is 624 g/mol. The summed E-state index contributed by atoms with van der Waals surface area (Å²) in [5.74, 6) is -7.04. The lowest BCUT2D eigenvalue weighted by Crippen LogP contribution is -2.58. The number of hydrogen-bond donors (Lipinski definition) is 6. The van der Waals surface area contributed by atoms with Gasteiger partial charge >= 0.3 is 0 Å². The highest BCUT2D eigenvalue weighted by Crippen LogP contribution is 2.52. The molecule has 1 aromatic rings. The zero-order valence-electron chi connectivity index (χ0n) is 26.3. The number of benzene rings is 1. The van der Waals surface area contributed by atoms with E-state index >= 15 is 0 Å². The number of nitrogens with two attached hydrogens (primary N) is 1. The SMILES string of the molecule is CCCCCCCCCCCCCCCC(=O)Nc1ccc2c(c1O)C(O)=C1C(=O)[C@]3(O)C(O)=C(C(N)=O)C(=O)C[C@@H]3C[C@@H]1C2. The number of carbonyl (C=O) groups excluding carboxylic acids is 4. The van der Waals surface area contributed by atoms with E-state index in [-0.39, 0.29) is 48.4 Å². The predicted molar refractivity (Wildman–Crippen MR) is 170 cm³/mol. The smallest absolute Gasteiger partial charge is 0.255 e.